The van der Waals surface area contributed by atoms with Gasteiger partial charge in [0.05, 0.1) is 5.52 Å². The van der Waals surface area contributed by atoms with Gasteiger partial charge in [-0.25, -0.2) is 9.97 Å². The van der Waals surface area contributed by atoms with Crippen LogP contribution in [0.2, 0.25) is 0 Å². The van der Waals surface area contributed by atoms with Crippen molar-refractivity contribution in [2.75, 3.05) is 0 Å². The first kappa shape index (κ1) is 9.72. The molecule has 0 unspecified atom stereocenters. The Morgan fingerprint density at radius 2 is 2.07 bits per heavy atom. The van der Waals surface area contributed by atoms with E-state index in [1.54, 1.807) is 0 Å². The molecule has 0 radical (unpaired) electrons. The summed E-state index contributed by atoms with van der Waals surface area (Å²) in [4.78, 5) is 8.27. The van der Waals surface area contributed by atoms with Crippen LogP contribution in [0.15, 0.2) is 40.7 Å². The Balaban J connectivity index is 2.51. The minimum Gasteiger partial charge on any atom is -0.377 e. The van der Waals surface area contributed by atoms with E-state index in [2.05, 4.69) is 15.1 Å². The zero-order valence-corrected chi connectivity index (χ0v) is 8.61. The average Bonchev–Trinajstić information content (AvgIpc) is 2.29. The third-order valence-electron chi connectivity index (χ3n) is 1.83. The van der Waals surface area contributed by atoms with Crippen LogP contribution in [0.4, 0.5) is 0 Å². The Hall–Kier alpha value is -1.82. The molecule has 0 fully saturated rings. The molecular weight excluding hydrogens is 210 g/mol. The van der Waals surface area contributed by atoms with Gasteiger partial charge in [0.25, 0.3) is 0 Å². The zero-order chi connectivity index (χ0) is 10.7. The molecule has 4 N–H and O–H groups in total. The summed E-state index contributed by atoms with van der Waals surface area (Å²) in [6.07, 6.45) is 1.49. The third-order valence-corrected chi connectivity index (χ3v) is 2.67. The number of fused-ring (bicyclic) bond motifs is 1. The summed E-state index contributed by atoms with van der Waals surface area (Å²) in [6, 6.07) is 7.69. The highest BCUT2D eigenvalue weighted by Gasteiger charge is 2.05. The number of hydrazone groups is 1. The summed E-state index contributed by atoms with van der Waals surface area (Å²) in [5.41, 5.74) is 6.40. The summed E-state index contributed by atoms with van der Waals surface area (Å²) >= 11 is 1.22. The van der Waals surface area contributed by atoms with Gasteiger partial charge in [-0.1, -0.05) is 18.2 Å². The van der Waals surface area contributed by atoms with Gasteiger partial charge in [0.2, 0.25) is 0 Å². The molecule has 1 aromatic carbocycles. The number of amidine groups is 1. The van der Waals surface area contributed by atoms with Crippen LogP contribution < -0.4 is 11.6 Å². The monoisotopic (exact) mass is 219 g/mol. The molecular formula is C9H9N5S. The number of hydrogen-bond acceptors (Lipinski definition) is 5. The molecule has 6 heteroatoms. The fraction of sp³-hybridized carbons (Fsp3) is 0. The van der Waals surface area contributed by atoms with E-state index in [0.717, 1.165) is 15.9 Å². The predicted octanol–water partition coefficient (Wildman–Crippen LogP) is 0.910. The molecule has 5 nitrogen and oxygen atoms in total. The fourth-order valence-corrected chi connectivity index (χ4v) is 1.82. The van der Waals surface area contributed by atoms with Crippen LogP contribution >= 0.6 is 11.8 Å². The molecule has 1 heterocycles. The maximum atomic E-state index is 5.52. The molecule has 0 aliphatic rings. The maximum absolute atomic E-state index is 5.52. The summed E-state index contributed by atoms with van der Waals surface area (Å²) < 4.78 is 0. The van der Waals surface area contributed by atoms with Crippen molar-refractivity contribution in [3.05, 3.63) is 30.6 Å². The van der Waals surface area contributed by atoms with Crippen LogP contribution in [-0.4, -0.2) is 15.1 Å². The summed E-state index contributed by atoms with van der Waals surface area (Å²) in [5, 5.41) is 5.36. The van der Waals surface area contributed by atoms with Crippen molar-refractivity contribution in [2.45, 2.75) is 5.03 Å². The standard InChI is InChI=1S/C9H9N5S/c10-9(14-11)15-8-6-3-1-2-4-7(6)12-5-13-8/h1-5H,11H2,(H2,10,14). The highest BCUT2D eigenvalue weighted by Crippen LogP contribution is 2.23. The van der Waals surface area contributed by atoms with Crippen molar-refractivity contribution in [2.24, 2.45) is 16.7 Å². The van der Waals surface area contributed by atoms with Crippen molar-refractivity contribution in [3.63, 3.8) is 0 Å². The number of thioether (sulfide) groups is 1. The number of aromatic nitrogens is 2. The van der Waals surface area contributed by atoms with Crippen LogP contribution in [-0.2, 0) is 0 Å². The van der Waals surface area contributed by atoms with Crippen LogP contribution in [0, 0.1) is 0 Å². The van der Waals surface area contributed by atoms with E-state index in [1.807, 2.05) is 24.3 Å². The van der Waals surface area contributed by atoms with Crippen molar-refractivity contribution >= 4 is 27.8 Å². The maximum Gasteiger partial charge on any atom is 0.183 e. The van der Waals surface area contributed by atoms with Gasteiger partial charge in [-0.15, -0.1) is 0 Å². The van der Waals surface area contributed by atoms with Crippen LogP contribution in [0.1, 0.15) is 0 Å². The minimum absolute atomic E-state index is 0.277. The van der Waals surface area contributed by atoms with Crippen molar-refractivity contribution < 1.29 is 0 Å². The van der Waals surface area contributed by atoms with Gasteiger partial charge in [0.15, 0.2) is 5.17 Å². The highest BCUT2D eigenvalue weighted by molar-refractivity contribution is 8.13. The first-order valence-electron chi connectivity index (χ1n) is 4.22. The SMILES string of the molecule is N/N=C(/N)Sc1ncnc2ccccc12. The summed E-state index contributed by atoms with van der Waals surface area (Å²) in [6.45, 7) is 0. The predicted molar refractivity (Wildman–Crippen MR) is 61.2 cm³/mol. The Labute approximate surface area is 90.6 Å². The lowest BCUT2D eigenvalue weighted by atomic mass is 10.2. The Bertz CT molecular complexity index is 505. The molecule has 15 heavy (non-hydrogen) atoms. The lowest BCUT2D eigenvalue weighted by Gasteiger charge is -2.02. The molecule has 0 aliphatic carbocycles. The van der Waals surface area contributed by atoms with E-state index in [9.17, 15) is 0 Å². The lowest BCUT2D eigenvalue weighted by Crippen LogP contribution is -2.09. The molecule has 76 valence electrons. The normalized spacial score (nSPS) is 11.9. The van der Waals surface area contributed by atoms with E-state index in [4.69, 9.17) is 11.6 Å². The topological polar surface area (TPSA) is 90.2 Å². The minimum atomic E-state index is 0.277. The van der Waals surface area contributed by atoms with Gasteiger partial charge >= 0.3 is 0 Å². The Kier molecular flexibility index (Phi) is 2.68. The zero-order valence-electron chi connectivity index (χ0n) is 7.79. The van der Waals surface area contributed by atoms with E-state index in [0.29, 0.717) is 0 Å². The second kappa shape index (κ2) is 4.14. The highest BCUT2D eigenvalue weighted by atomic mass is 32.2. The first-order valence-corrected chi connectivity index (χ1v) is 5.04. The molecule has 0 saturated heterocycles. The molecule has 0 bridgehead atoms. The Morgan fingerprint density at radius 1 is 1.27 bits per heavy atom. The van der Waals surface area contributed by atoms with Crippen molar-refractivity contribution in [1.29, 1.82) is 0 Å². The molecule has 2 aromatic rings. The van der Waals surface area contributed by atoms with Crippen LogP contribution in [0.3, 0.4) is 0 Å². The lowest BCUT2D eigenvalue weighted by molar-refractivity contribution is 1.10. The smallest absolute Gasteiger partial charge is 0.183 e. The number of rotatable bonds is 1. The largest absolute Gasteiger partial charge is 0.377 e. The van der Waals surface area contributed by atoms with Crippen molar-refractivity contribution in [3.8, 4) is 0 Å². The molecule has 0 amide bonds. The number of benzene rings is 1. The van der Waals surface area contributed by atoms with Gasteiger partial charge in [-0.3, -0.25) is 0 Å². The van der Waals surface area contributed by atoms with E-state index >= 15 is 0 Å². The first-order chi connectivity index (χ1) is 7.31. The van der Waals surface area contributed by atoms with Crippen molar-refractivity contribution in [1.82, 2.24) is 9.97 Å². The number of hydrogen-bond donors (Lipinski definition) is 2. The molecule has 1 aromatic heterocycles. The van der Waals surface area contributed by atoms with Crippen LogP contribution in [0.25, 0.3) is 10.9 Å². The number of nitrogens with zero attached hydrogens (tertiary/aromatic N) is 3. The second-order valence-electron chi connectivity index (χ2n) is 2.77. The third kappa shape index (κ3) is 1.99. The molecule has 0 saturated carbocycles. The van der Waals surface area contributed by atoms with Gasteiger partial charge in [0.1, 0.15) is 11.4 Å². The molecule has 0 aliphatic heterocycles. The van der Waals surface area contributed by atoms with E-state index < -0.39 is 0 Å². The van der Waals surface area contributed by atoms with Gasteiger partial charge < -0.3 is 11.6 Å². The second-order valence-corrected chi connectivity index (χ2v) is 3.77. The number of nitrogens with two attached hydrogens (primary N) is 2. The average molecular weight is 219 g/mol. The fourth-order valence-electron chi connectivity index (χ4n) is 1.19. The van der Waals surface area contributed by atoms with E-state index in [-0.39, 0.29) is 5.17 Å². The van der Waals surface area contributed by atoms with Crippen LogP contribution in [0.5, 0.6) is 0 Å². The summed E-state index contributed by atoms with van der Waals surface area (Å²) in [7, 11) is 0. The molecule has 0 atom stereocenters. The van der Waals surface area contributed by atoms with E-state index in [1.165, 1.54) is 18.1 Å². The quantitative estimate of drug-likeness (QED) is 0.186. The Morgan fingerprint density at radius 3 is 2.87 bits per heavy atom. The molecule has 2 rings (SSSR count). The van der Waals surface area contributed by atoms with Gasteiger partial charge in [-0.2, -0.15) is 5.10 Å². The summed E-state index contributed by atoms with van der Waals surface area (Å²) in [5.74, 6) is 5.06. The molecule has 0 spiro atoms. The van der Waals surface area contributed by atoms with Gasteiger partial charge in [-0.05, 0) is 17.8 Å². The number of para-hydroxylation sites is 1. The van der Waals surface area contributed by atoms with Gasteiger partial charge in [0, 0.05) is 5.39 Å².